The van der Waals surface area contributed by atoms with Crippen molar-refractivity contribution in [2.24, 2.45) is 0 Å². The Morgan fingerprint density at radius 1 is 1.33 bits per heavy atom. The van der Waals surface area contributed by atoms with Crippen molar-refractivity contribution in [3.63, 3.8) is 0 Å². The van der Waals surface area contributed by atoms with Gasteiger partial charge in [0.2, 0.25) is 0 Å². The molecule has 80 valence electrons. The summed E-state index contributed by atoms with van der Waals surface area (Å²) < 4.78 is 0. The predicted molar refractivity (Wildman–Crippen MR) is 64.6 cm³/mol. The van der Waals surface area contributed by atoms with Gasteiger partial charge >= 0.3 is 0 Å². The molecule has 0 unspecified atom stereocenters. The largest absolute Gasteiger partial charge is 0.300 e. The van der Waals surface area contributed by atoms with Crippen LogP contribution in [0.3, 0.4) is 0 Å². The molecule has 0 amide bonds. The molecule has 0 heterocycles. The van der Waals surface area contributed by atoms with Crippen LogP contribution in [0.4, 0.5) is 0 Å². The highest BCUT2D eigenvalue weighted by Crippen LogP contribution is 2.35. The first-order valence-corrected chi connectivity index (χ1v) is 6.44. The minimum Gasteiger partial charge on any atom is -0.300 e. The topological polar surface area (TPSA) is 17.1 Å². The van der Waals surface area contributed by atoms with Crippen LogP contribution in [0.15, 0.2) is 29.2 Å². The minimum atomic E-state index is 0.394. The molecule has 0 radical (unpaired) electrons. The van der Waals surface area contributed by atoms with E-state index in [1.165, 1.54) is 0 Å². The zero-order chi connectivity index (χ0) is 10.7. The van der Waals surface area contributed by atoms with Gasteiger partial charge in [0.05, 0.1) is 5.02 Å². The van der Waals surface area contributed by atoms with Crippen molar-refractivity contribution >= 4 is 29.1 Å². The van der Waals surface area contributed by atoms with E-state index in [9.17, 15) is 4.79 Å². The number of benzene rings is 1. The highest BCUT2D eigenvalue weighted by atomic mass is 35.5. The third-order valence-corrected chi connectivity index (χ3v) is 4.35. The summed E-state index contributed by atoms with van der Waals surface area (Å²) in [6.45, 7) is 0. The number of Topliss-reactive ketones (excluding diaryl/α,β-unsaturated/α-hetero) is 1. The molecule has 0 bridgehead atoms. The zero-order valence-electron chi connectivity index (χ0n) is 8.41. The minimum absolute atomic E-state index is 0.394. The molecule has 1 atom stereocenters. The molecule has 0 N–H and O–H groups in total. The summed E-state index contributed by atoms with van der Waals surface area (Å²) in [7, 11) is 0. The van der Waals surface area contributed by atoms with Crippen LogP contribution in [0.1, 0.15) is 25.7 Å². The first kappa shape index (κ1) is 11.0. The van der Waals surface area contributed by atoms with Gasteiger partial charge in [-0.1, -0.05) is 23.7 Å². The van der Waals surface area contributed by atoms with E-state index in [0.29, 0.717) is 17.5 Å². The summed E-state index contributed by atoms with van der Waals surface area (Å²) in [5.41, 5.74) is 0. The lowest BCUT2D eigenvalue weighted by atomic mass is 9.99. The number of hydrogen-bond acceptors (Lipinski definition) is 2. The number of thioether (sulfide) groups is 1. The van der Waals surface area contributed by atoms with Gasteiger partial charge in [0.25, 0.3) is 0 Å². The summed E-state index contributed by atoms with van der Waals surface area (Å²) >= 11 is 7.82. The lowest BCUT2D eigenvalue weighted by Crippen LogP contribution is -2.16. The summed E-state index contributed by atoms with van der Waals surface area (Å²) in [6.07, 6.45) is 3.62. The van der Waals surface area contributed by atoms with Crippen molar-refractivity contribution in [2.75, 3.05) is 0 Å². The first-order chi connectivity index (χ1) is 7.25. The second-order valence-electron chi connectivity index (χ2n) is 3.81. The molecule has 15 heavy (non-hydrogen) atoms. The smallest absolute Gasteiger partial charge is 0.134 e. The van der Waals surface area contributed by atoms with Crippen molar-refractivity contribution in [1.82, 2.24) is 0 Å². The SMILES string of the molecule is O=C1CCC[C@@H](Sc2ccccc2Cl)C1. The fraction of sp³-hybridized carbons (Fsp3) is 0.417. The quantitative estimate of drug-likeness (QED) is 0.779. The summed E-state index contributed by atoms with van der Waals surface area (Å²) in [5, 5.41) is 1.21. The Morgan fingerprint density at radius 2 is 2.13 bits per heavy atom. The van der Waals surface area contributed by atoms with Crippen LogP contribution >= 0.6 is 23.4 Å². The molecule has 0 aromatic heterocycles. The number of ketones is 1. The second kappa shape index (κ2) is 5.04. The van der Waals surface area contributed by atoms with Crippen LogP contribution in [0, 0.1) is 0 Å². The van der Waals surface area contributed by atoms with Crippen LogP contribution in [0.2, 0.25) is 5.02 Å². The fourth-order valence-corrected chi connectivity index (χ4v) is 3.33. The molecular weight excluding hydrogens is 228 g/mol. The second-order valence-corrected chi connectivity index (χ2v) is 5.55. The molecule has 1 aliphatic carbocycles. The van der Waals surface area contributed by atoms with Crippen LogP contribution in [0.5, 0.6) is 0 Å². The standard InChI is InChI=1S/C12H13ClOS/c13-11-6-1-2-7-12(11)15-10-5-3-4-9(14)8-10/h1-2,6-7,10H,3-5,8H2/t10-/m1/s1. The Hall–Kier alpha value is -0.470. The van der Waals surface area contributed by atoms with Gasteiger partial charge in [-0.3, -0.25) is 4.79 Å². The van der Waals surface area contributed by atoms with Crippen LogP contribution in [0.25, 0.3) is 0 Å². The average Bonchev–Trinajstić information content (AvgIpc) is 2.22. The Bertz CT molecular complexity index is 364. The van der Waals surface area contributed by atoms with Crippen molar-refractivity contribution in [1.29, 1.82) is 0 Å². The molecule has 1 aliphatic rings. The van der Waals surface area contributed by atoms with Crippen molar-refractivity contribution in [3.8, 4) is 0 Å². The van der Waals surface area contributed by atoms with Gasteiger partial charge in [-0.15, -0.1) is 11.8 Å². The molecule has 1 aromatic carbocycles. The van der Waals surface area contributed by atoms with Gasteiger partial charge in [-0.2, -0.15) is 0 Å². The molecule has 1 fully saturated rings. The Kier molecular flexibility index (Phi) is 3.71. The van der Waals surface area contributed by atoms with E-state index in [0.717, 1.165) is 29.2 Å². The van der Waals surface area contributed by atoms with Crippen LogP contribution < -0.4 is 0 Å². The number of hydrogen-bond donors (Lipinski definition) is 0. The van der Waals surface area contributed by atoms with Crippen molar-refractivity contribution in [2.45, 2.75) is 35.8 Å². The van der Waals surface area contributed by atoms with E-state index < -0.39 is 0 Å². The average molecular weight is 241 g/mol. The van der Waals surface area contributed by atoms with Gasteiger partial charge < -0.3 is 0 Å². The lowest BCUT2D eigenvalue weighted by molar-refractivity contribution is -0.120. The Balaban J connectivity index is 2.02. The monoisotopic (exact) mass is 240 g/mol. The number of carbonyl (C=O) groups is 1. The van der Waals surface area contributed by atoms with Crippen LogP contribution in [-0.4, -0.2) is 11.0 Å². The third kappa shape index (κ3) is 2.99. The van der Waals surface area contributed by atoms with E-state index in [1.54, 1.807) is 11.8 Å². The molecule has 1 aromatic rings. The van der Waals surface area contributed by atoms with Crippen LogP contribution in [-0.2, 0) is 4.79 Å². The van der Waals surface area contributed by atoms with E-state index in [4.69, 9.17) is 11.6 Å². The molecule has 3 heteroatoms. The molecule has 0 aliphatic heterocycles. The van der Waals surface area contributed by atoms with E-state index in [-0.39, 0.29) is 0 Å². The maximum Gasteiger partial charge on any atom is 0.134 e. The highest BCUT2D eigenvalue weighted by Gasteiger charge is 2.20. The van der Waals surface area contributed by atoms with Crippen molar-refractivity contribution in [3.05, 3.63) is 29.3 Å². The zero-order valence-corrected chi connectivity index (χ0v) is 9.98. The molecule has 0 saturated heterocycles. The van der Waals surface area contributed by atoms with Gasteiger partial charge in [-0.25, -0.2) is 0 Å². The maximum atomic E-state index is 11.3. The van der Waals surface area contributed by atoms with Crippen molar-refractivity contribution < 1.29 is 4.79 Å². The molecule has 0 spiro atoms. The molecule has 1 nitrogen and oxygen atoms in total. The van der Waals surface area contributed by atoms with E-state index >= 15 is 0 Å². The third-order valence-electron chi connectivity index (χ3n) is 2.57. The molecule has 1 saturated carbocycles. The number of rotatable bonds is 2. The highest BCUT2D eigenvalue weighted by molar-refractivity contribution is 8.00. The Labute approximate surface area is 99.2 Å². The molecule has 2 rings (SSSR count). The first-order valence-electron chi connectivity index (χ1n) is 5.18. The van der Waals surface area contributed by atoms with Gasteiger partial charge in [0.1, 0.15) is 5.78 Å². The number of halogens is 1. The molecular formula is C12H13ClOS. The van der Waals surface area contributed by atoms with Gasteiger partial charge in [-0.05, 0) is 25.0 Å². The van der Waals surface area contributed by atoms with Gasteiger partial charge in [0.15, 0.2) is 0 Å². The Morgan fingerprint density at radius 3 is 2.87 bits per heavy atom. The normalized spacial score (nSPS) is 21.7. The van der Waals surface area contributed by atoms with Gasteiger partial charge in [0, 0.05) is 23.0 Å². The van der Waals surface area contributed by atoms with E-state index in [1.807, 2.05) is 24.3 Å². The van der Waals surface area contributed by atoms with E-state index in [2.05, 4.69) is 0 Å². The fourth-order valence-electron chi connectivity index (χ4n) is 1.81. The lowest BCUT2D eigenvalue weighted by Gasteiger charge is -2.20. The summed E-state index contributed by atoms with van der Waals surface area (Å²) in [4.78, 5) is 12.4. The summed E-state index contributed by atoms with van der Waals surface area (Å²) in [5.74, 6) is 0.394. The summed E-state index contributed by atoms with van der Waals surface area (Å²) in [6, 6.07) is 7.83. The predicted octanol–water partition coefficient (Wildman–Crippen LogP) is 3.94. The maximum absolute atomic E-state index is 11.3. The number of carbonyl (C=O) groups excluding carboxylic acids is 1.